The van der Waals surface area contributed by atoms with Gasteiger partial charge in [0, 0.05) is 79.4 Å². The Labute approximate surface area is 199 Å². The van der Waals surface area contributed by atoms with E-state index in [0.29, 0.717) is 23.2 Å². The second kappa shape index (κ2) is 10.0. The van der Waals surface area contributed by atoms with Crippen molar-refractivity contribution in [3.05, 3.63) is 48.3 Å². The summed E-state index contributed by atoms with van der Waals surface area (Å²) in [5, 5.41) is 13.0. The number of fused-ring (bicyclic) bond motifs is 2. The van der Waals surface area contributed by atoms with Crippen LogP contribution in [0, 0.1) is 0 Å². The van der Waals surface area contributed by atoms with Crippen molar-refractivity contribution in [1.29, 1.82) is 0 Å². The molecule has 3 heterocycles. The number of carbonyl (C=O) groups excluding carboxylic acids is 1. The van der Waals surface area contributed by atoms with Crippen molar-refractivity contribution in [3.63, 3.8) is 0 Å². The largest absolute Gasteiger partial charge is 0.467 e. The Morgan fingerprint density at radius 1 is 1.18 bits per heavy atom. The summed E-state index contributed by atoms with van der Waals surface area (Å²) in [6.07, 6.45) is 4.57. The molecule has 2 aromatic carbocycles. The van der Waals surface area contributed by atoms with Crippen LogP contribution in [0.1, 0.15) is 24.2 Å². The molecule has 2 aromatic heterocycles. The maximum atomic E-state index is 11.3. The zero-order chi connectivity index (χ0) is 24.2. The summed E-state index contributed by atoms with van der Waals surface area (Å²) < 4.78 is 6.90. The second-order valence-electron chi connectivity index (χ2n) is 8.61. The maximum Gasteiger partial charge on any atom is 0.316 e. The molecule has 0 amide bonds. The zero-order valence-corrected chi connectivity index (χ0v) is 20.2. The van der Waals surface area contributed by atoms with Crippen molar-refractivity contribution in [1.82, 2.24) is 25.1 Å². The second-order valence-corrected chi connectivity index (χ2v) is 8.61. The molecule has 9 nitrogen and oxygen atoms in total. The number of methoxy groups -OCH3 is 1. The van der Waals surface area contributed by atoms with Gasteiger partial charge in [-0.1, -0.05) is 0 Å². The third-order valence-electron chi connectivity index (χ3n) is 5.86. The lowest BCUT2D eigenvalue weighted by atomic mass is 10.1. The average molecular weight is 462 g/mol. The average Bonchev–Trinajstić information content (AvgIpc) is 3.21. The van der Waals surface area contributed by atoms with E-state index in [1.54, 1.807) is 6.20 Å². The molecular weight excluding hydrogens is 430 g/mol. The number of aromatic nitrogens is 4. The molecule has 0 saturated carbocycles. The maximum absolute atomic E-state index is 11.3. The highest BCUT2D eigenvalue weighted by Gasteiger charge is 2.23. The number of hydrogen-bond donors (Lipinski definition) is 2. The van der Waals surface area contributed by atoms with Crippen LogP contribution in [0.2, 0.25) is 0 Å². The van der Waals surface area contributed by atoms with E-state index in [9.17, 15) is 4.79 Å². The fourth-order valence-electron chi connectivity index (χ4n) is 4.40. The number of piperazine rings is 1. The first kappa shape index (κ1) is 23.4. The van der Waals surface area contributed by atoms with Crippen LogP contribution in [0.5, 0.6) is 6.01 Å². The Morgan fingerprint density at radius 3 is 2.62 bits per heavy atom. The molecule has 2 unspecified atom stereocenters. The van der Waals surface area contributed by atoms with Crippen molar-refractivity contribution in [2.75, 3.05) is 37.5 Å². The summed E-state index contributed by atoms with van der Waals surface area (Å²) in [6, 6.07) is 11.0. The molecule has 1 saturated heterocycles. The SMILES string of the molecule is CNc1ccc2cn(C)nc2c1.COc1ncc2c(N3CC(C)NC(C)C3)ccc(C=O)c2n1. The summed E-state index contributed by atoms with van der Waals surface area (Å²) in [5.74, 6) is 0. The molecule has 4 aromatic rings. The van der Waals surface area contributed by atoms with Crippen molar-refractivity contribution in [3.8, 4) is 6.01 Å². The number of hydrogen-bond acceptors (Lipinski definition) is 8. The summed E-state index contributed by atoms with van der Waals surface area (Å²) in [5.41, 5.74) is 4.38. The van der Waals surface area contributed by atoms with Crippen LogP contribution in [0.15, 0.2) is 42.7 Å². The van der Waals surface area contributed by atoms with Gasteiger partial charge >= 0.3 is 6.01 Å². The molecule has 178 valence electrons. The summed E-state index contributed by atoms with van der Waals surface area (Å²) in [6.45, 7) is 6.16. The van der Waals surface area contributed by atoms with E-state index in [0.717, 1.165) is 41.7 Å². The minimum Gasteiger partial charge on any atom is -0.467 e. The molecule has 0 aliphatic carbocycles. The fraction of sp³-hybridized carbons (Fsp3) is 0.360. The van der Waals surface area contributed by atoms with E-state index in [-0.39, 0.29) is 6.01 Å². The number of benzene rings is 2. The van der Waals surface area contributed by atoms with Crippen molar-refractivity contribution in [2.24, 2.45) is 7.05 Å². The number of rotatable bonds is 4. The van der Waals surface area contributed by atoms with Gasteiger partial charge < -0.3 is 20.3 Å². The van der Waals surface area contributed by atoms with Crippen LogP contribution in [0.4, 0.5) is 11.4 Å². The smallest absolute Gasteiger partial charge is 0.316 e. The van der Waals surface area contributed by atoms with Crippen LogP contribution in [-0.4, -0.2) is 65.4 Å². The Hall–Kier alpha value is -3.72. The van der Waals surface area contributed by atoms with Gasteiger partial charge in [-0.3, -0.25) is 9.48 Å². The number of aldehydes is 1. The van der Waals surface area contributed by atoms with Crippen LogP contribution in [0.3, 0.4) is 0 Å². The van der Waals surface area contributed by atoms with Crippen LogP contribution < -0.4 is 20.3 Å². The van der Waals surface area contributed by atoms with Gasteiger partial charge in [-0.05, 0) is 44.2 Å². The summed E-state index contributed by atoms with van der Waals surface area (Å²) >= 11 is 0. The highest BCUT2D eigenvalue weighted by Crippen LogP contribution is 2.29. The molecule has 1 aliphatic heterocycles. The fourth-order valence-corrected chi connectivity index (χ4v) is 4.40. The number of nitrogens with one attached hydrogen (secondary N) is 2. The molecule has 1 fully saturated rings. The highest BCUT2D eigenvalue weighted by atomic mass is 16.5. The molecule has 0 radical (unpaired) electrons. The lowest BCUT2D eigenvalue weighted by molar-refractivity contribution is 0.112. The predicted octanol–water partition coefficient (Wildman–Crippen LogP) is 3.25. The predicted molar refractivity (Wildman–Crippen MR) is 136 cm³/mol. The molecule has 1 aliphatic rings. The van der Waals surface area contributed by atoms with E-state index in [2.05, 4.69) is 50.5 Å². The van der Waals surface area contributed by atoms with E-state index in [4.69, 9.17) is 4.74 Å². The van der Waals surface area contributed by atoms with Crippen LogP contribution in [-0.2, 0) is 7.05 Å². The molecule has 2 N–H and O–H groups in total. The molecule has 9 heteroatoms. The number of ether oxygens (including phenoxy) is 1. The zero-order valence-electron chi connectivity index (χ0n) is 20.2. The molecule has 0 spiro atoms. The van der Waals surface area contributed by atoms with Gasteiger partial charge in [0.05, 0.1) is 18.1 Å². The first-order valence-corrected chi connectivity index (χ1v) is 11.3. The number of aryl methyl sites for hydroxylation is 1. The van der Waals surface area contributed by atoms with Gasteiger partial charge in [-0.2, -0.15) is 10.1 Å². The van der Waals surface area contributed by atoms with E-state index >= 15 is 0 Å². The minimum atomic E-state index is 0.273. The molecule has 0 bridgehead atoms. The highest BCUT2D eigenvalue weighted by molar-refractivity contribution is 6.01. The van der Waals surface area contributed by atoms with Gasteiger partial charge in [-0.25, -0.2) is 4.98 Å². The Balaban J connectivity index is 0.000000192. The number of anilines is 2. The Kier molecular flexibility index (Phi) is 6.93. The standard InChI is InChI=1S/C16H20N4O2.C9H11N3/c1-10-7-20(8-11(2)18-10)14-5-4-12(9-21)15-13(14)6-17-16(19-15)22-3;1-10-8-4-3-7-6-12(2)11-9(7)5-8/h4-6,9-11,18H,7-8H2,1-3H3;3-6,10H,1-2H3. The van der Waals surface area contributed by atoms with Gasteiger partial charge in [0.1, 0.15) is 0 Å². The van der Waals surface area contributed by atoms with Gasteiger partial charge in [0.15, 0.2) is 6.29 Å². The first-order valence-electron chi connectivity index (χ1n) is 11.3. The third-order valence-corrected chi connectivity index (χ3v) is 5.86. The van der Waals surface area contributed by atoms with E-state index in [1.165, 1.54) is 12.5 Å². The summed E-state index contributed by atoms with van der Waals surface area (Å²) in [4.78, 5) is 22.2. The van der Waals surface area contributed by atoms with E-state index < -0.39 is 0 Å². The number of carbonyl (C=O) groups is 1. The van der Waals surface area contributed by atoms with Crippen molar-refractivity contribution < 1.29 is 9.53 Å². The normalized spacial score (nSPS) is 17.9. The topological polar surface area (TPSA) is 97.2 Å². The van der Waals surface area contributed by atoms with Gasteiger partial charge in [-0.15, -0.1) is 0 Å². The monoisotopic (exact) mass is 461 g/mol. The first-order chi connectivity index (χ1) is 16.4. The molecule has 34 heavy (non-hydrogen) atoms. The molecule has 2 atom stereocenters. The van der Waals surface area contributed by atoms with Gasteiger partial charge in [0.25, 0.3) is 0 Å². The lowest BCUT2D eigenvalue weighted by Gasteiger charge is -2.38. The molecular formula is C25H31N7O2. The number of nitrogens with zero attached hydrogens (tertiary/aromatic N) is 5. The Morgan fingerprint density at radius 2 is 1.94 bits per heavy atom. The quantitative estimate of drug-likeness (QED) is 0.447. The van der Waals surface area contributed by atoms with Crippen LogP contribution in [0.25, 0.3) is 21.8 Å². The molecule has 5 rings (SSSR count). The van der Waals surface area contributed by atoms with Crippen molar-refractivity contribution in [2.45, 2.75) is 25.9 Å². The minimum absolute atomic E-state index is 0.273. The Bertz CT molecular complexity index is 1290. The third kappa shape index (κ3) is 4.94. The van der Waals surface area contributed by atoms with Crippen molar-refractivity contribution >= 4 is 39.5 Å². The van der Waals surface area contributed by atoms with Crippen LogP contribution >= 0.6 is 0 Å². The summed E-state index contributed by atoms with van der Waals surface area (Å²) in [7, 11) is 5.36. The van der Waals surface area contributed by atoms with E-state index in [1.807, 2.05) is 49.2 Å². The van der Waals surface area contributed by atoms with Gasteiger partial charge in [0.2, 0.25) is 0 Å². The lowest BCUT2D eigenvalue weighted by Crippen LogP contribution is -2.54.